The van der Waals surface area contributed by atoms with Crippen LogP contribution in [0.4, 0.5) is 0 Å². The minimum Gasteiger partial charge on any atom is -0.331 e. The van der Waals surface area contributed by atoms with Crippen LogP contribution in [-0.4, -0.2) is 9.97 Å². The van der Waals surface area contributed by atoms with Crippen molar-refractivity contribution in [2.75, 3.05) is 0 Å². The first-order chi connectivity index (χ1) is 8.40. The molecule has 0 aliphatic carbocycles. The van der Waals surface area contributed by atoms with Crippen molar-refractivity contribution in [3.63, 3.8) is 0 Å². The van der Waals surface area contributed by atoms with Crippen LogP contribution in [0, 0.1) is 11.3 Å². The molecule has 2 aromatic heterocycles. The van der Waals surface area contributed by atoms with Gasteiger partial charge in [0.25, 0.3) is 0 Å². The summed E-state index contributed by atoms with van der Waals surface area (Å²) in [6.45, 7) is 0. The zero-order chi connectivity index (χ0) is 11.7. The van der Waals surface area contributed by atoms with Crippen LogP contribution in [0.5, 0.6) is 0 Å². The molecular formula is C14H9N3. The average molecular weight is 219 g/mol. The van der Waals surface area contributed by atoms with Crippen LogP contribution >= 0.6 is 0 Å². The summed E-state index contributed by atoms with van der Waals surface area (Å²) in [5.41, 5.74) is 3.27. The minimum atomic E-state index is 0.560. The predicted molar refractivity (Wildman–Crippen MR) is 66.2 cm³/mol. The van der Waals surface area contributed by atoms with Crippen molar-refractivity contribution in [2.24, 2.45) is 0 Å². The lowest BCUT2D eigenvalue weighted by molar-refractivity contribution is 1.29. The molecule has 0 saturated heterocycles. The summed E-state index contributed by atoms with van der Waals surface area (Å²) in [5.74, 6) is 0. The Morgan fingerprint density at radius 1 is 1.06 bits per heavy atom. The second kappa shape index (κ2) is 3.76. The number of hydrogen-bond donors (Lipinski definition) is 1. The molecule has 0 amide bonds. The van der Waals surface area contributed by atoms with Gasteiger partial charge < -0.3 is 4.98 Å². The summed E-state index contributed by atoms with van der Waals surface area (Å²) in [7, 11) is 0. The molecule has 0 aliphatic rings. The molecule has 0 spiro atoms. The Labute approximate surface area is 98.4 Å². The number of nitrogens with zero attached hydrogens (tertiary/aromatic N) is 2. The van der Waals surface area contributed by atoms with Crippen LogP contribution in [0.2, 0.25) is 0 Å². The van der Waals surface area contributed by atoms with E-state index in [1.165, 1.54) is 0 Å². The van der Waals surface area contributed by atoms with Gasteiger partial charge in [-0.25, -0.2) is 4.98 Å². The fourth-order valence-electron chi connectivity index (χ4n) is 2.01. The summed E-state index contributed by atoms with van der Waals surface area (Å²) in [5, 5.41) is 10.2. The first-order valence-electron chi connectivity index (χ1n) is 5.32. The largest absolute Gasteiger partial charge is 0.331 e. The van der Waals surface area contributed by atoms with Crippen molar-refractivity contribution < 1.29 is 0 Å². The maximum atomic E-state index is 9.17. The third-order valence-electron chi connectivity index (χ3n) is 2.74. The number of hydrogen-bond acceptors (Lipinski definition) is 2. The monoisotopic (exact) mass is 219 g/mol. The van der Waals surface area contributed by atoms with Gasteiger partial charge in [-0.05, 0) is 17.7 Å². The number of aromatic nitrogens is 2. The summed E-state index contributed by atoms with van der Waals surface area (Å²) >= 11 is 0. The standard InChI is InChI=1S/C14H9N3/c15-9-12-13(10-5-2-1-3-6-10)11-7-4-8-16-14(11)17-12/h1-8H,(H,16,17). The Morgan fingerprint density at radius 3 is 2.65 bits per heavy atom. The van der Waals surface area contributed by atoms with Crippen LogP contribution in [0.15, 0.2) is 48.7 Å². The second-order valence-corrected chi connectivity index (χ2v) is 3.75. The maximum absolute atomic E-state index is 9.17. The van der Waals surface area contributed by atoms with E-state index in [-0.39, 0.29) is 0 Å². The topological polar surface area (TPSA) is 52.5 Å². The van der Waals surface area contributed by atoms with Gasteiger partial charge in [0.05, 0.1) is 0 Å². The highest BCUT2D eigenvalue weighted by atomic mass is 14.9. The Balaban J connectivity index is 2.39. The Morgan fingerprint density at radius 2 is 1.88 bits per heavy atom. The number of pyridine rings is 1. The van der Waals surface area contributed by atoms with E-state index in [1.807, 2.05) is 42.5 Å². The maximum Gasteiger partial charge on any atom is 0.138 e. The number of nitriles is 1. The van der Waals surface area contributed by atoms with Gasteiger partial charge in [-0.15, -0.1) is 0 Å². The zero-order valence-electron chi connectivity index (χ0n) is 9.01. The summed E-state index contributed by atoms with van der Waals surface area (Å²) in [6.07, 6.45) is 1.72. The fourth-order valence-corrected chi connectivity index (χ4v) is 2.01. The smallest absolute Gasteiger partial charge is 0.138 e. The van der Waals surface area contributed by atoms with Gasteiger partial charge in [0.1, 0.15) is 17.4 Å². The average Bonchev–Trinajstić information content (AvgIpc) is 2.78. The highest BCUT2D eigenvalue weighted by Crippen LogP contribution is 2.30. The van der Waals surface area contributed by atoms with E-state index in [2.05, 4.69) is 16.0 Å². The van der Waals surface area contributed by atoms with E-state index in [0.29, 0.717) is 5.69 Å². The van der Waals surface area contributed by atoms with Crippen LogP contribution in [-0.2, 0) is 0 Å². The molecular weight excluding hydrogens is 210 g/mol. The van der Waals surface area contributed by atoms with Gasteiger partial charge >= 0.3 is 0 Å². The number of aromatic amines is 1. The number of benzene rings is 1. The molecule has 0 atom stereocenters. The molecule has 1 N–H and O–H groups in total. The summed E-state index contributed by atoms with van der Waals surface area (Å²) in [6, 6.07) is 15.9. The summed E-state index contributed by atoms with van der Waals surface area (Å²) in [4.78, 5) is 7.27. The summed E-state index contributed by atoms with van der Waals surface area (Å²) < 4.78 is 0. The number of H-pyrrole nitrogens is 1. The van der Waals surface area contributed by atoms with Gasteiger partial charge in [0.2, 0.25) is 0 Å². The third-order valence-corrected chi connectivity index (χ3v) is 2.74. The molecule has 3 heteroatoms. The molecule has 17 heavy (non-hydrogen) atoms. The zero-order valence-corrected chi connectivity index (χ0v) is 9.01. The highest BCUT2D eigenvalue weighted by Gasteiger charge is 2.12. The van der Waals surface area contributed by atoms with E-state index in [1.54, 1.807) is 6.20 Å². The molecule has 0 fully saturated rings. The molecule has 2 heterocycles. The van der Waals surface area contributed by atoms with E-state index in [9.17, 15) is 5.26 Å². The normalized spacial score (nSPS) is 10.3. The number of fused-ring (bicyclic) bond motifs is 1. The van der Waals surface area contributed by atoms with Crippen LogP contribution in [0.1, 0.15) is 5.69 Å². The van der Waals surface area contributed by atoms with Crippen molar-refractivity contribution in [3.05, 3.63) is 54.4 Å². The van der Waals surface area contributed by atoms with Crippen LogP contribution in [0.25, 0.3) is 22.2 Å². The lowest BCUT2D eigenvalue weighted by Crippen LogP contribution is -1.79. The van der Waals surface area contributed by atoms with E-state index < -0.39 is 0 Å². The molecule has 0 aliphatic heterocycles. The van der Waals surface area contributed by atoms with E-state index in [0.717, 1.165) is 22.2 Å². The van der Waals surface area contributed by atoms with Crippen LogP contribution < -0.4 is 0 Å². The number of nitrogens with one attached hydrogen (secondary N) is 1. The SMILES string of the molecule is N#Cc1[nH]c2ncccc2c1-c1ccccc1. The third kappa shape index (κ3) is 1.47. The molecule has 1 aromatic carbocycles. The van der Waals surface area contributed by atoms with E-state index >= 15 is 0 Å². The molecule has 0 bridgehead atoms. The molecule has 80 valence electrons. The van der Waals surface area contributed by atoms with Gasteiger partial charge in [-0.2, -0.15) is 5.26 Å². The van der Waals surface area contributed by atoms with Gasteiger partial charge in [-0.1, -0.05) is 30.3 Å². The van der Waals surface area contributed by atoms with Crippen LogP contribution in [0.3, 0.4) is 0 Å². The molecule has 0 radical (unpaired) electrons. The lowest BCUT2D eigenvalue weighted by Gasteiger charge is -1.99. The first kappa shape index (κ1) is 9.61. The Hall–Kier alpha value is -2.60. The quantitative estimate of drug-likeness (QED) is 0.683. The lowest BCUT2D eigenvalue weighted by atomic mass is 10.0. The van der Waals surface area contributed by atoms with Crippen molar-refractivity contribution in [1.82, 2.24) is 9.97 Å². The molecule has 3 aromatic rings. The molecule has 0 unspecified atom stereocenters. The predicted octanol–water partition coefficient (Wildman–Crippen LogP) is 3.10. The fraction of sp³-hybridized carbons (Fsp3) is 0. The molecule has 3 rings (SSSR count). The van der Waals surface area contributed by atoms with Crippen molar-refractivity contribution in [1.29, 1.82) is 5.26 Å². The molecule has 0 saturated carbocycles. The number of rotatable bonds is 1. The molecule has 3 nitrogen and oxygen atoms in total. The second-order valence-electron chi connectivity index (χ2n) is 3.75. The van der Waals surface area contributed by atoms with Gasteiger partial charge in [0.15, 0.2) is 0 Å². The van der Waals surface area contributed by atoms with Gasteiger partial charge in [-0.3, -0.25) is 0 Å². The van der Waals surface area contributed by atoms with Crippen molar-refractivity contribution in [2.45, 2.75) is 0 Å². The first-order valence-corrected chi connectivity index (χ1v) is 5.32. The van der Waals surface area contributed by atoms with Crippen molar-refractivity contribution in [3.8, 4) is 17.2 Å². The Kier molecular flexibility index (Phi) is 2.13. The Bertz CT molecular complexity index is 705. The van der Waals surface area contributed by atoms with E-state index in [4.69, 9.17) is 0 Å². The minimum absolute atomic E-state index is 0.560. The van der Waals surface area contributed by atoms with Gasteiger partial charge in [0, 0.05) is 17.1 Å². The van der Waals surface area contributed by atoms with Crippen molar-refractivity contribution >= 4 is 11.0 Å². The highest BCUT2D eigenvalue weighted by molar-refractivity contribution is 5.96.